The normalized spacial score (nSPS) is 27.0. The lowest BCUT2D eigenvalue weighted by Crippen LogP contribution is -2.35. The molecule has 1 atom stereocenters. The molecule has 7 heteroatoms. The molecule has 0 saturated heterocycles. The Balaban J connectivity index is 2.96. The highest BCUT2D eigenvalue weighted by atomic mass is 32.2. The summed E-state index contributed by atoms with van der Waals surface area (Å²) in [6.07, 6.45) is 1.48. The van der Waals surface area contributed by atoms with Gasteiger partial charge in [0.05, 0.1) is 0 Å². The van der Waals surface area contributed by atoms with Gasteiger partial charge in [0.25, 0.3) is 4.99 Å². The molecule has 5 N–H and O–H groups in total. The molecule has 0 saturated carbocycles. The van der Waals surface area contributed by atoms with E-state index in [1.165, 1.54) is 6.21 Å². The molecule has 0 aromatic carbocycles. The Morgan fingerprint density at radius 3 is 2.75 bits per heavy atom. The number of aliphatic carboxylic acids is 1. The van der Waals surface area contributed by atoms with Crippen molar-refractivity contribution in [3.63, 3.8) is 0 Å². The Morgan fingerprint density at radius 2 is 2.42 bits per heavy atom. The quantitative estimate of drug-likeness (QED) is 0.372. The van der Waals surface area contributed by atoms with Gasteiger partial charge in [-0.2, -0.15) is 0 Å². The van der Waals surface area contributed by atoms with E-state index in [-0.39, 0.29) is 5.96 Å². The lowest BCUT2D eigenvalue weighted by Gasteiger charge is -2.14. The predicted molar refractivity (Wildman–Crippen MR) is 47.1 cm³/mol. The second kappa shape index (κ2) is 3.02. The Morgan fingerprint density at radius 1 is 1.75 bits per heavy atom. The van der Waals surface area contributed by atoms with E-state index in [1.807, 2.05) is 0 Å². The summed E-state index contributed by atoms with van der Waals surface area (Å²) in [6.45, 7) is 0. The van der Waals surface area contributed by atoms with Gasteiger partial charge < -0.3 is 16.6 Å². The number of aliphatic imine (C=N–C) groups is 2. The van der Waals surface area contributed by atoms with Crippen LogP contribution in [0.2, 0.25) is 0 Å². The molecule has 1 unspecified atom stereocenters. The summed E-state index contributed by atoms with van der Waals surface area (Å²) < 4.78 is 0. The summed E-state index contributed by atoms with van der Waals surface area (Å²) in [5.74, 6) is -0.929. The molecular formula is C5H8N4O2S. The van der Waals surface area contributed by atoms with Crippen LogP contribution in [0.5, 0.6) is 0 Å². The molecule has 66 valence electrons. The minimum Gasteiger partial charge on any atom is -0.477 e. The molecule has 0 radical (unpaired) electrons. The number of hydrogen-bond acceptors (Lipinski definition) is 4. The molecule has 12 heavy (non-hydrogen) atoms. The zero-order valence-corrected chi connectivity index (χ0v) is 6.91. The third kappa shape index (κ3) is 1.50. The lowest BCUT2D eigenvalue weighted by molar-refractivity contribution is -0.139. The fraction of sp³-hybridized carbons (Fsp3) is 0.400. The number of nitrogens with two attached hydrogens (primary N) is 2. The third-order valence-corrected chi connectivity index (χ3v) is 2.27. The van der Waals surface area contributed by atoms with Gasteiger partial charge in [0, 0.05) is 12.0 Å². The van der Waals surface area contributed by atoms with Gasteiger partial charge in [0.2, 0.25) is 0 Å². The summed E-state index contributed by atoms with van der Waals surface area (Å²) >= 11 is 1.06. The molecular weight excluding hydrogens is 180 g/mol. The zero-order chi connectivity index (χ0) is 9.19. The van der Waals surface area contributed by atoms with Gasteiger partial charge >= 0.3 is 5.97 Å². The van der Waals surface area contributed by atoms with E-state index < -0.39 is 11.0 Å². The highest BCUT2D eigenvalue weighted by Gasteiger charge is 2.41. The van der Waals surface area contributed by atoms with Crippen molar-refractivity contribution in [3.8, 4) is 0 Å². The predicted octanol–water partition coefficient (Wildman–Crippen LogP) is -1.18. The summed E-state index contributed by atoms with van der Waals surface area (Å²) in [6, 6.07) is 0. The van der Waals surface area contributed by atoms with E-state index in [1.54, 1.807) is 0 Å². The van der Waals surface area contributed by atoms with Crippen molar-refractivity contribution in [3.05, 3.63) is 0 Å². The molecule has 6 nitrogen and oxygen atoms in total. The first-order chi connectivity index (χ1) is 5.57. The molecule has 0 aromatic heterocycles. The van der Waals surface area contributed by atoms with Crippen LogP contribution in [0.15, 0.2) is 9.98 Å². The van der Waals surface area contributed by atoms with Gasteiger partial charge in [-0.05, 0) is 0 Å². The van der Waals surface area contributed by atoms with Crippen molar-refractivity contribution in [1.82, 2.24) is 0 Å². The Kier molecular flexibility index (Phi) is 2.22. The highest BCUT2D eigenvalue weighted by Crippen LogP contribution is 2.32. The first-order valence-corrected chi connectivity index (χ1v) is 4.07. The van der Waals surface area contributed by atoms with Crippen molar-refractivity contribution < 1.29 is 9.90 Å². The monoisotopic (exact) mass is 188 g/mol. The lowest BCUT2D eigenvalue weighted by atomic mass is 10.5. The van der Waals surface area contributed by atoms with Gasteiger partial charge in [-0.3, -0.25) is 0 Å². The molecule has 1 aliphatic rings. The van der Waals surface area contributed by atoms with E-state index in [2.05, 4.69) is 9.98 Å². The van der Waals surface area contributed by atoms with Gasteiger partial charge in [0.1, 0.15) is 0 Å². The Labute approximate surface area is 72.7 Å². The summed E-state index contributed by atoms with van der Waals surface area (Å²) in [5.41, 5.74) is 10.1. The maximum absolute atomic E-state index is 10.7. The van der Waals surface area contributed by atoms with Crippen molar-refractivity contribution in [2.75, 3.05) is 5.75 Å². The minimum absolute atomic E-state index is 0.274. The largest absolute Gasteiger partial charge is 0.477 e. The number of guanidine groups is 1. The van der Waals surface area contributed by atoms with Crippen molar-refractivity contribution in [1.29, 1.82) is 0 Å². The maximum atomic E-state index is 10.7. The van der Waals surface area contributed by atoms with Crippen molar-refractivity contribution in [2.45, 2.75) is 4.99 Å². The van der Waals surface area contributed by atoms with Gasteiger partial charge in [-0.1, -0.05) is 11.8 Å². The van der Waals surface area contributed by atoms with Gasteiger partial charge in [-0.25, -0.2) is 14.8 Å². The fourth-order valence-corrected chi connectivity index (χ4v) is 1.58. The molecule has 0 aromatic rings. The third-order valence-electron chi connectivity index (χ3n) is 1.18. The van der Waals surface area contributed by atoms with E-state index in [0.717, 1.165) is 11.8 Å². The Hall–Kier alpha value is -1.24. The fourth-order valence-electron chi connectivity index (χ4n) is 0.753. The van der Waals surface area contributed by atoms with E-state index in [9.17, 15) is 4.79 Å². The molecule has 1 rings (SSSR count). The smallest absolute Gasteiger partial charge is 0.365 e. The zero-order valence-electron chi connectivity index (χ0n) is 6.10. The molecule has 0 spiro atoms. The average Bonchev–Trinajstić information content (AvgIpc) is 2.35. The first kappa shape index (κ1) is 8.85. The summed E-state index contributed by atoms with van der Waals surface area (Å²) in [4.78, 5) is 16.4. The second-order valence-corrected chi connectivity index (χ2v) is 3.26. The van der Waals surface area contributed by atoms with Crippen molar-refractivity contribution >= 4 is 29.9 Å². The van der Waals surface area contributed by atoms with Crippen LogP contribution in [0, 0.1) is 0 Å². The summed E-state index contributed by atoms with van der Waals surface area (Å²) in [7, 11) is 0. The van der Waals surface area contributed by atoms with Crippen LogP contribution < -0.4 is 11.5 Å². The number of thioether (sulfide) groups is 1. The first-order valence-electron chi connectivity index (χ1n) is 3.09. The van der Waals surface area contributed by atoms with Crippen LogP contribution in [-0.2, 0) is 4.79 Å². The van der Waals surface area contributed by atoms with Gasteiger partial charge in [0.15, 0.2) is 5.96 Å². The average molecular weight is 188 g/mol. The molecule has 1 aliphatic heterocycles. The topological polar surface area (TPSA) is 114 Å². The number of hydrogen-bond donors (Lipinski definition) is 3. The SMILES string of the molecule is NC(N)=NC1(C(=O)O)N=CCS1. The van der Waals surface area contributed by atoms with Crippen LogP contribution in [0.3, 0.4) is 0 Å². The van der Waals surface area contributed by atoms with Crippen LogP contribution >= 0.6 is 11.8 Å². The summed E-state index contributed by atoms with van der Waals surface area (Å²) in [5, 5.41) is 8.76. The number of carboxylic acid groups (broad SMARTS) is 1. The molecule has 1 heterocycles. The standard InChI is InChI=1S/C5H8N4O2S/c6-4(7)9-5(3(10)11)8-1-2-12-5/h1H,2H2,(H,10,11)(H4,6,7,9). The highest BCUT2D eigenvalue weighted by molar-refractivity contribution is 8.02. The van der Waals surface area contributed by atoms with Gasteiger partial charge in [-0.15, -0.1) is 0 Å². The van der Waals surface area contributed by atoms with Crippen LogP contribution in [-0.4, -0.2) is 34.0 Å². The number of carboxylic acids is 1. The van der Waals surface area contributed by atoms with Crippen LogP contribution in [0.25, 0.3) is 0 Å². The molecule has 0 fully saturated rings. The second-order valence-electron chi connectivity index (χ2n) is 2.07. The van der Waals surface area contributed by atoms with E-state index in [4.69, 9.17) is 16.6 Å². The minimum atomic E-state index is -1.54. The Bertz CT molecular complexity index is 260. The number of nitrogens with zero attached hydrogens (tertiary/aromatic N) is 2. The van der Waals surface area contributed by atoms with E-state index >= 15 is 0 Å². The molecule has 0 aliphatic carbocycles. The van der Waals surface area contributed by atoms with Crippen LogP contribution in [0.4, 0.5) is 0 Å². The maximum Gasteiger partial charge on any atom is 0.365 e. The number of carbonyl (C=O) groups is 1. The van der Waals surface area contributed by atoms with Crippen molar-refractivity contribution in [2.24, 2.45) is 21.5 Å². The molecule has 0 bridgehead atoms. The number of rotatable bonds is 2. The van der Waals surface area contributed by atoms with E-state index in [0.29, 0.717) is 5.75 Å². The molecule has 0 amide bonds. The van der Waals surface area contributed by atoms with Crippen LogP contribution in [0.1, 0.15) is 0 Å².